The van der Waals surface area contributed by atoms with Crippen molar-refractivity contribution in [3.05, 3.63) is 12.7 Å². The number of rotatable bonds is 15. The molecule has 0 aliphatic heterocycles. The molecule has 0 amide bonds. The van der Waals surface area contributed by atoms with Gasteiger partial charge in [0.05, 0.1) is 0 Å². The molecule has 0 rings (SSSR count). The van der Waals surface area contributed by atoms with Crippen LogP contribution in [0.2, 0.25) is 0 Å². The lowest BCUT2D eigenvalue weighted by atomic mass is 9.96. The number of esters is 1. The van der Waals surface area contributed by atoms with E-state index in [9.17, 15) is 4.79 Å². The molecule has 3 heteroatoms. The fourth-order valence-corrected chi connectivity index (χ4v) is 2.57. The SMILES string of the molecule is C=CC(=O)OCCNC(C)(C)CCCCCCCCCCC. The van der Waals surface area contributed by atoms with Crippen LogP contribution in [0.1, 0.15) is 85.0 Å². The molecule has 0 unspecified atom stereocenters. The fourth-order valence-electron chi connectivity index (χ4n) is 2.57. The van der Waals surface area contributed by atoms with Gasteiger partial charge in [0.25, 0.3) is 0 Å². The van der Waals surface area contributed by atoms with Gasteiger partial charge in [-0.3, -0.25) is 0 Å². The second-order valence-corrected chi connectivity index (χ2v) is 6.76. The molecule has 0 spiro atoms. The summed E-state index contributed by atoms with van der Waals surface area (Å²) in [5.74, 6) is -0.349. The third kappa shape index (κ3) is 14.1. The normalized spacial score (nSPS) is 11.4. The standard InChI is InChI=1S/C19H37NO2/c1-5-7-8-9-10-11-12-13-14-15-19(3,4)20-16-17-22-18(21)6-2/h6,20H,2,5,7-17H2,1,3-4H3. The van der Waals surface area contributed by atoms with E-state index < -0.39 is 0 Å². The molecule has 0 aromatic carbocycles. The lowest BCUT2D eigenvalue weighted by molar-refractivity contribution is -0.137. The van der Waals surface area contributed by atoms with Gasteiger partial charge in [-0.05, 0) is 20.3 Å². The Morgan fingerprint density at radius 2 is 1.59 bits per heavy atom. The first kappa shape index (κ1) is 21.2. The van der Waals surface area contributed by atoms with Crippen molar-refractivity contribution in [1.82, 2.24) is 5.32 Å². The van der Waals surface area contributed by atoms with Crippen molar-refractivity contribution in [1.29, 1.82) is 0 Å². The maximum absolute atomic E-state index is 10.9. The Morgan fingerprint density at radius 1 is 1.05 bits per heavy atom. The molecule has 0 atom stereocenters. The summed E-state index contributed by atoms with van der Waals surface area (Å²) in [6.07, 6.45) is 14.6. The summed E-state index contributed by atoms with van der Waals surface area (Å²) < 4.78 is 4.96. The van der Waals surface area contributed by atoms with Gasteiger partial charge in [-0.2, -0.15) is 0 Å². The number of ether oxygens (including phenoxy) is 1. The molecule has 1 N–H and O–H groups in total. The van der Waals surface area contributed by atoms with Gasteiger partial charge < -0.3 is 10.1 Å². The topological polar surface area (TPSA) is 38.3 Å². The Balaban J connectivity index is 3.43. The lowest BCUT2D eigenvalue weighted by Gasteiger charge is -2.26. The summed E-state index contributed by atoms with van der Waals surface area (Å²) in [5.41, 5.74) is 0.113. The number of hydrogen-bond donors (Lipinski definition) is 1. The van der Waals surface area contributed by atoms with Crippen LogP contribution in [0.3, 0.4) is 0 Å². The third-order valence-corrected chi connectivity index (χ3v) is 4.02. The van der Waals surface area contributed by atoms with E-state index in [1.807, 2.05) is 0 Å². The summed E-state index contributed by atoms with van der Waals surface area (Å²) >= 11 is 0. The molecular formula is C19H37NO2. The molecule has 0 aromatic heterocycles. The van der Waals surface area contributed by atoms with Gasteiger partial charge in [0.1, 0.15) is 6.61 Å². The van der Waals surface area contributed by atoms with E-state index >= 15 is 0 Å². The smallest absolute Gasteiger partial charge is 0.330 e. The highest BCUT2D eigenvalue weighted by molar-refractivity contribution is 5.81. The van der Waals surface area contributed by atoms with Crippen LogP contribution in [-0.4, -0.2) is 24.7 Å². The summed E-state index contributed by atoms with van der Waals surface area (Å²) in [6, 6.07) is 0. The number of carbonyl (C=O) groups excluding carboxylic acids is 1. The summed E-state index contributed by atoms with van der Waals surface area (Å²) in [5, 5.41) is 3.45. The zero-order valence-electron chi connectivity index (χ0n) is 15.1. The molecule has 0 aliphatic carbocycles. The maximum Gasteiger partial charge on any atom is 0.330 e. The van der Waals surface area contributed by atoms with Gasteiger partial charge in [-0.1, -0.05) is 71.3 Å². The third-order valence-electron chi connectivity index (χ3n) is 4.02. The molecule has 22 heavy (non-hydrogen) atoms. The van der Waals surface area contributed by atoms with Crippen LogP contribution in [-0.2, 0) is 9.53 Å². The molecule has 0 aromatic rings. The first-order chi connectivity index (χ1) is 10.5. The second kappa shape index (κ2) is 13.8. The molecule has 0 saturated heterocycles. The quantitative estimate of drug-likeness (QED) is 0.263. The first-order valence-electron chi connectivity index (χ1n) is 9.06. The van der Waals surface area contributed by atoms with Crippen molar-refractivity contribution in [3.8, 4) is 0 Å². The van der Waals surface area contributed by atoms with Gasteiger partial charge in [-0.25, -0.2) is 4.79 Å². The van der Waals surface area contributed by atoms with Gasteiger partial charge in [0, 0.05) is 18.2 Å². The summed E-state index contributed by atoms with van der Waals surface area (Å²) in [7, 11) is 0. The van der Waals surface area contributed by atoms with Crippen molar-refractivity contribution in [3.63, 3.8) is 0 Å². The average molecular weight is 312 g/mol. The minimum Gasteiger partial charge on any atom is -0.461 e. The van der Waals surface area contributed by atoms with E-state index in [1.54, 1.807) is 0 Å². The van der Waals surface area contributed by atoms with Gasteiger partial charge in [-0.15, -0.1) is 0 Å². The van der Waals surface area contributed by atoms with Gasteiger partial charge in [0.2, 0.25) is 0 Å². The molecular weight excluding hydrogens is 274 g/mol. The fraction of sp³-hybridized carbons (Fsp3) is 0.842. The van der Waals surface area contributed by atoms with Gasteiger partial charge in [0.15, 0.2) is 0 Å². The summed E-state index contributed by atoms with van der Waals surface area (Å²) in [6.45, 7) is 11.2. The van der Waals surface area contributed by atoms with E-state index in [2.05, 4.69) is 32.7 Å². The van der Waals surface area contributed by atoms with Crippen molar-refractivity contribution in [2.75, 3.05) is 13.2 Å². The molecule has 0 aliphatic rings. The molecule has 130 valence electrons. The Labute approximate surface area is 137 Å². The van der Waals surface area contributed by atoms with Gasteiger partial charge >= 0.3 is 5.97 Å². The van der Waals surface area contributed by atoms with Crippen LogP contribution >= 0.6 is 0 Å². The predicted octanol–water partition coefficient (Wildman–Crippen LogP) is 5.00. The number of unbranched alkanes of at least 4 members (excludes halogenated alkanes) is 8. The van der Waals surface area contributed by atoms with Crippen molar-refractivity contribution in [2.45, 2.75) is 90.5 Å². The van der Waals surface area contributed by atoms with E-state index in [1.165, 1.54) is 63.9 Å². The molecule has 0 fully saturated rings. The first-order valence-corrected chi connectivity index (χ1v) is 9.06. The predicted molar refractivity (Wildman–Crippen MR) is 95.1 cm³/mol. The van der Waals surface area contributed by atoms with E-state index in [-0.39, 0.29) is 11.5 Å². The van der Waals surface area contributed by atoms with Crippen LogP contribution in [0.15, 0.2) is 12.7 Å². The Bertz CT molecular complexity index is 287. The van der Waals surface area contributed by atoms with E-state index in [0.717, 1.165) is 6.42 Å². The largest absolute Gasteiger partial charge is 0.461 e. The number of hydrogen-bond acceptors (Lipinski definition) is 3. The molecule has 0 radical (unpaired) electrons. The van der Waals surface area contributed by atoms with Crippen LogP contribution in [0.4, 0.5) is 0 Å². The van der Waals surface area contributed by atoms with Crippen molar-refractivity contribution in [2.24, 2.45) is 0 Å². The Morgan fingerprint density at radius 3 is 2.14 bits per heavy atom. The van der Waals surface area contributed by atoms with Crippen molar-refractivity contribution >= 4 is 5.97 Å². The minimum atomic E-state index is -0.349. The minimum absolute atomic E-state index is 0.113. The molecule has 0 saturated carbocycles. The van der Waals surface area contributed by atoms with E-state index in [4.69, 9.17) is 4.74 Å². The van der Waals surface area contributed by atoms with Crippen LogP contribution in [0.5, 0.6) is 0 Å². The lowest BCUT2D eigenvalue weighted by Crippen LogP contribution is -2.41. The molecule has 0 bridgehead atoms. The Kier molecular flexibility index (Phi) is 13.3. The monoisotopic (exact) mass is 311 g/mol. The maximum atomic E-state index is 10.9. The second-order valence-electron chi connectivity index (χ2n) is 6.76. The summed E-state index contributed by atoms with van der Waals surface area (Å²) in [4.78, 5) is 10.9. The Hall–Kier alpha value is -0.830. The molecule has 3 nitrogen and oxygen atoms in total. The number of carbonyl (C=O) groups is 1. The van der Waals surface area contributed by atoms with Crippen LogP contribution < -0.4 is 5.32 Å². The molecule has 0 heterocycles. The zero-order chi connectivity index (χ0) is 16.7. The highest BCUT2D eigenvalue weighted by Crippen LogP contribution is 2.16. The highest BCUT2D eigenvalue weighted by atomic mass is 16.5. The zero-order valence-corrected chi connectivity index (χ0v) is 15.1. The van der Waals surface area contributed by atoms with Crippen LogP contribution in [0.25, 0.3) is 0 Å². The highest BCUT2D eigenvalue weighted by Gasteiger charge is 2.15. The number of nitrogens with one attached hydrogen (secondary N) is 1. The van der Waals surface area contributed by atoms with Crippen molar-refractivity contribution < 1.29 is 9.53 Å². The average Bonchev–Trinajstić information content (AvgIpc) is 2.49. The van der Waals surface area contributed by atoms with Crippen LogP contribution in [0, 0.1) is 0 Å². The van der Waals surface area contributed by atoms with E-state index in [0.29, 0.717) is 13.2 Å².